The van der Waals surface area contributed by atoms with Crippen molar-refractivity contribution >= 4 is 71.3 Å². The molecule has 0 unspecified atom stereocenters. The van der Waals surface area contributed by atoms with E-state index in [1.165, 1.54) is 49.1 Å². The lowest BCUT2D eigenvalue weighted by Gasteiger charge is -2.28. The summed E-state index contributed by atoms with van der Waals surface area (Å²) in [6.45, 7) is 4.36. The minimum atomic E-state index is 0.914. The number of nitrogens with zero attached hydrogens (tertiary/aromatic N) is 1. The molecule has 0 bridgehead atoms. The quantitative estimate of drug-likeness (QED) is 0.198. The highest BCUT2D eigenvalue weighted by Crippen LogP contribution is 2.45. The van der Waals surface area contributed by atoms with Crippen LogP contribution >= 0.6 is 0 Å². The average molecular weight is 564 g/mol. The first-order valence-electron chi connectivity index (χ1n) is 15.2. The Hall–Kier alpha value is -5.60. The standard InChI is InChI=1S/C42H29NO/c1-26-22-27(2)24-33(23-26)43(38-21-19-30-17-16-28-8-5-9-29-18-20-37(38)41(30)40(28)29)32-11-6-10-31(25-32)34-13-7-14-36-35-12-3-4-15-39(35)44-42(34)36/h3-25H,1-2H3. The van der Waals surface area contributed by atoms with Gasteiger partial charge in [-0.15, -0.1) is 0 Å². The number of benzene rings is 8. The fourth-order valence-corrected chi connectivity index (χ4v) is 7.21. The van der Waals surface area contributed by atoms with Crippen LogP contribution in [-0.2, 0) is 0 Å². The second kappa shape index (κ2) is 9.45. The van der Waals surface area contributed by atoms with E-state index in [-0.39, 0.29) is 0 Å². The van der Waals surface area contributed by atoms with E-state index in [4.69, 9.17) is 4.42 Å². The Kier molecular flexibility index (Phi) is 5.36. The SMILES string of the molecule is Cc1cc(C)cc(N(c2cccc(-c3cccc4c3oc3ccccc34)c2)c2ccc3ccc4cccc5ccc2c3c45)c1. The van der Waals surface area contributed by atoms with Gasteiger partial charge in [0, 0.05) is 33.1 Å². The third-order valence-electron chi connectivity index (χ3n) is 9.03. The van der Waals surface area contributed by atoms with E-state index < -0.39 is 0 Å². The number of hydrogen-bond donors (Lipinski definition) is 0. The zero-order chi connectivity index (χ0) is 29.4. The molecule has 0 aliphatic rings. The van der Waals surface area contributed by atoms with Crippen LogP contribution in [0.5, 0.6) is 0 Å². The Morgan fingerprint density at radius 2 is 1.16 bits per heavy atom. The number of aryl methyl sites for hydroxylation is 2. The summed E-state index contributed by atoms with van der Waals surface area (Å²) >= 11 is 0. The molecular weight excluding hydrogens is 534 g/mol. The van der Waals surface area contributed by atoms with Gasteiger partial charge in [-0.3, -0.25) is 0 Å². The van der Waals surface area contributed by atoms with Crippen molar-refractivity contribution in [1.29, 1.82) is 0 Å². The van der Waals surface area contributed by atoms with E-state index in [1.807, 2.05) is 12.1 Å². The van der Waals surface area contributed by atoms with Crippen LogP contribution in [-0.4, -0.2) is 0 Å². The Balaban J connectivity index is 1.31. The first kappa shape index (κ1) is 24.9. The fraction of sp³-hybridized carbons (Fsp3) is 0.0476. The third-order valence-corrected chi connectivity index (χ3v) is 9.03. The van der Waals surface area contributed by atoms with Gasteiger partial charge in [0.2, 0.25) is 0 Å². The molecule has 0 saturated carbocycles. The lowest BCUT2D eigenvalue weighted by molar-refractivity contribution is 0.670. The highest BCUT2D eigenvalue weighted by molar-refractivity contribution is 6.25. The lowest BCUT2D eigenvalue weighted by atomic mass is 9.93. The molecule has 0 aliphatic heterocycles. The van der Waals surface area contributed by atoms with Crippen molar-refractivity contribution in [1.82, 2.24) is 0 Å². The van der Waals surface area contributed by atoms with Gasteiger partial charge in [0.05, 0.1) is 5.69 Å². The Morgan fingerprint density at radius 1 is 0.477 bits per heavy atom. The van der Waals surface area contributed by atoms with Crippen molar-refractivity contribution in [3.63, 3.8) is 0 Å². The monoisotopic (exact) mass is 563 g/mol. The Bertz CT molecular complexity index is 2500. The second-order valence-electron chi connectivity index (χ2n) is 12.0. The molecule has 0 atom stereocenters. The number of hydrogen-bond acceptors (Lipinski definition) is 2. The van der Waals surface area contributed by atoms with Gasteiger partial charge < -0.3 is 9.32 Å². The van der Waals surface area contributed by atoms with Crippen molar-refractivity contribution in [3.8, 4) is 11.1 Å². The number of fused-ring (bicyclic) bond motifs is 3. The van der Waals surface area contributed by atoms with Crippen molar-refractivity contribution in [2.24, 2.45) is 0 Å². The normalized spacial score (nSPS) is 11.9. The van der Waals surface area contributed by atoms with Gasteiger partial charge in [-0.05, 0) is 93.9 Å². The lowest BCUT2D eigenvalue weighted by Crippen LogP contribution is -2.11. The van der Waals surface area contributed by atoms with Gasteiger partial charge in [0.15, 0.2) is 0 Å². The van der Waals surface area contributed by atoms with E-state index >= 15 is 0 Å². The molecule has 0 spiro atoms. The van der Waals surface area contributed by atoms with Gasteiger partial charge in [-0.2, -0.15) is 0 Å². The van der Waals surface area contributed by atoms with Crippen LogP contribution in [0.3, 0.4) is 0 Å². The second-order valence-corrected chi connectivity index (χ2v) is 12.0. The maximum Gasteiger partial charge on any atom is 0.143 e. The van der Waals surface area contributed by atoms with E-state index in [0.29, 0.717) is 0 Å². The molecule has 0 aliphatic carbocycles. The highest BCUT2D eigenvalue weighted by Gasteiger charge is 2.20. The van der Waals surface area contributed by atoms with Crippen molar-refractivity contribution < 1.29 is 4.42 Å². The van der Waals surface area contributed by atoms with Gasteiger partial charge in [-0.1, -0.05) is 103 Å². The molecule has 2 nitrogen and oxygen atoms in total. The fourth-order valence-electron chi connectivity index (χ4n) is 7.21. The van der Waals surface area contributed by atoms with E-state index in [0.717, 1.165) is 44.4 Å². The van der Waals surface area contributed by atoms with Crippen molar-refractivity contribution in [2.75, 3.05) is 4.90 Å². The molecule has 2 heteroatoms. The van der Waals surface area contributed by atoms with Crippen molar-refractivity contribution in [2.45, 2.75) is 13.8 Å². The maximum atomic E-state index is 6.45. The van der Waals surface area contributed by atoms with Crippen molar-refractivity contribution in [3.05, 3.63) is 151 Å². The summed E-state index contributed by atoms with van der Waals surface area (Å²) in [5.74, 6) is 0. The molecule has 44 heavy (non-hydrogen) atoms. The summed E-state index contributed by atoms with van der Waals surface area (Å²) < 4.78 is 6.45. The van der Waals surface area contributed by atoms with Crippen LogP contribution in [0.15, 0.2) is 144 Å². The maximum absolute atomic E-state index is 6.45. The number of anilines is 3. The Labute approximate surface area is 255 Å². The molecule has 9 rings (SSSR count). The van der Waals surface area contributed by atoms with Gasteiger partial charge in [-0.25, -0.2) is 0 Å². The summed E-state index contributed by atoms with van der Waals surface area (Å²) in [6, 6.07) is 50.7. The summed E-state index contributed by atoms with van der Waals surface area (Å²) in [4.78, 5) is 2.42. The minimum Gasteiger partial charge on any atom is -0.455 e. The van der Waals surface area contributed by atoms with Crippen LogP contribution in [0.2, 0.25) is 0 Å². The zero-order valence-electron chi connectivity index (χ0n) is 24.6. The number of para-hydroxylation sites is 2. The summed E-state index contributed by atoms with van der Waals surface area (Å²) in [6.07, 6.45) is 0. The predicted octanol–water partition coefficient (Wildman–Crippen LogP) is 12.2. The molecule has 208 valence electrons. The van der Waals surface area contributed by atoms with Crippen LogP contribution in [0.4, 0.5) is 17.1 Å². The number of rotatable bonds is 4. The molecule has 0 N–H and O–H groups in total. The van der Waals surface area contributed by atoms with E-state index in [9.17, 15) is 0 Å². The molecule has 1 aromatic heterocycles. The smallest absolute Gasteiger partial charge is 0.143 e. The summed E-state index contributed by atoms with van der Waals surface area (Å²) in [7, 11) is 0. The van der Waals surface area contributed by atoms with Gasteiger partial charge in [0.1, 0.15) is 11.2 Å². The zero-order valence-corrected chi connectivity index (χ0v) is 24.6. The largest absolute Gasteiger partial charge is 0.455 e. The summed E-state index contributed by atoms with van der Waals surface area (Å²) in [5.41, 5.74) is 9.96. The predicted molar refractivity (Wildman–Crippen MR) is 187 cm³/mol. The van der Waals surface area contributed by atoms with Crippen LogP contribution < -0.4 is 4.90 Å². The topological polar surface area (TPSA) is 16.4 Å². The minimum absolute atomic E-state index is 0.914. The first-order chi connectivity index (χ1) is 21.6. The molecule has 0 radical (unpaired) electrons. The van der Waals surface area contributed by atoms with Crippen LogP contribution in [0.1, 0.15) is 11.1 Å². The summed E-state index contributed by atoms with van der Waals surface area (Å²) in [5, 5.41) is 9.99. The Morgan fingerprint density at radius 3 is 2.00 bits per heavy atom. The van der Waals surface area contributed by atoms with Crippen LogP contribution in [0.25, 0.3) is 65.4 Å². The van der Waals surface area contributed by atoms with Gasteiger partial charge >= 0.3 is 0 Å². The molecular formula is C42H29NO. The molecule has 0 amide bonds. The molecule has 0 saturated heterocycles. The van der Waals surface area contributed by atoms with E-state index in [1.54, 1.807) is 0 Å². The molecule has 1 heterocycles. The molecule has 0 fully saturated rings. The molecule has 8 aromatic carbocycles. The third kappa shape index (κ3) is 3.74. The number of furan rings is 1. The first-order valence-corrected chi connectivity index (χ1v) is 15.2. The average Bonchev–Trinajstić information content (AvgIpc) is 3.43. The van der Waals surface area contributed by atoms with Crippen LogP contribution in [0, 0.1) is 13.8 Å². The molecule has 9 aromatic rings. The van der Waals surface area contributed by atoms with Gasteiger partial charge in [0.25, 0.3) is 0 Å². The highest BCUT2D eigenvalue weighted by atomic mass is 16.3. The van der Waals surface area contributed by atoms with E-state index in [2.05, 4.69) is 146 Å².